The molecular formula is C19H23NO. The zero-order chi connectivity index (χ0) is 14.5. The average Bonchev–Trinajstić information content (AvgIpc) is 2.54. The van der Waals surface area contributed by atoms with Crippen molar-refractivity contribution in [1.29, 1.82) is 0 Å². The second-order valence-corrected chi connectivity index (χ2v) is 6.04. The summed E-state index contributed by atoms with van der Waals surface area (Å²) in [5.74, 6) is 0.522. The van der Waals surface area contributed by atoms with Gasteiger partial charge in [-0.15, -0.1) is 0 Å². The van der Waals surface area contributed by atoms with E-state index in [0.717, 1.165) is 25.0 Å². The molecule has 2 aromatic rings. The molecule has 0 aliphatic heterocycles. The fourth-order valence-corrected chi connectivity index (χ4v) is 3.41. The van der Waals surface area contributed by atoms with Crippen LogP contribution in [0.15, 0.2) is 48.7 Å². The second kappa shape index (κ2) is 6.86. The first-order valence-electron chi connectivity index (χ1n) is 7.98. The predicted molar refractivity (Wildman–Crippen MR) is 85.3 cm³/mol. The van der Waals surface area contributed by atoms with Gasteiger partial charge in [0.25, 0.3) is 0 Å². The molecule has 1 aromatic heterocycles. The first kappa shape index (κ1) is 14.3. The van der Waals surface area contributed by atoms with Crippen LogP contribution in [0.3, 0.4) is 0 Å². The lowest BCUT2D eigenvalue weighted by molar-refractivity contribution is 0.142. The molecule has 0 saturated heterocycles. The van der Waals surface area contributed by atoms with Crippen LogP contribution in [-0.2, 0) is 12.8 Å². The minimum atomic E-state index is -0.233. The number of aryl methyl sites for hydroxylation is 2. The molecule has 2 atom stereocenters. The number of pyridine rings is 1. The van der Waals surface area contributed by atoms with Gasteiger partial charge in [0.15, 0.2) is 0 Å². The minimum Gasteiger partial charge on any atom is -0.393 e. The Morgan fingerprint density at radius 1 is 1.14 bits per heavy atom. The molecule has 1 aliphatic rings. The summed E-state index contributed by atoms with van der Waals surface area (Å²) in [5.41, 5.74) is 4.01. The van der Waals surface area contributed by atoms with Crippen molar-refractivity contribution in [3.63, 3.8) is 0 Å². The average molecular weight is 281 g/mol. The molecule has 0 spiro atoms. The van der Waals surface area contributed by atoms with Crippen LogP contribution in [0, 0.1) is 0 Å². The number of rotatable bonds is 5. The zero-order valence-corrected chi connectivity index (χ0v) is 12.4. The Kier molecular flexibility index (Phi) is 4.66. The van der Waals surface area contributed by atoms with Crippen molar-refractivity contribution in [2.45, 2.75) is 50.5 Å². The molecule has 110 valence electrons. The van der Waals surface area contributed by atoms with Crippen LogP contribution in [0.5, 0.6) is 0 Å². The van der Waals surface area contributed by atoms with Crippen molar-refractivity contribution in [2.75, 3.05) is 0 Å². The molecule has 1 aromatic carbocycles. The summed E-state index contributed by atoms with van der Waals surface area (Å²) in [7, 11) is 0. The highest BCUT2D eigenvalue weighted by atomic mass is 16.3. The van der Waals surface area contributed by atoms with Gasteiger partial charge in [0.1, 0.15) is 0 Å². The number of benzene rings is 1. The highest BCUT2D eigenvalue weighted by molar-refractivity contribution is 5.32. The van der Waals surface area contributed by atoms with Gasteiger partial charge in [0, 0.05) is 11.9 Å². The summed E-state index contributed by atoms with van der Waals surface area (Å²) in [6, 6.07) is 14.7. The standard InChI is InChI=1S/C19H23NO/c21-18(12-11-17-9-3-4-13-20-17)14-16-8-5-7-15-6-1-2-10-19(15)16/h1-4,6,9-10,13,16,18,21H,5,7-8,11-12,14H2. The highest BCUT2D eigenvalue weighted by Crippen LogP contribution is 2.35. The van der Waals surface area contributed by atoms with Crippen molar-refractivity contribution >= 4 is 0 Å². The number of nitrogens with zero attached hydrogens (tertiary/aromatic N) is 1. The Morgan fingerprint density at radius 2 is 2.00 bits per heavy atom. The van der Waals surface area contributed by atoms with E-state index in [0.29, 0.717) is 5.92 Å². The Labute approximate surface area is 126 Å². The van der Waals surface area contributed by atoms with E-state index >= 15 is 0 Å². The van der Waals surface area contributed by atoms with Crippen molar-refractivity contribution in [3.8, 4) is 0 Å². The molecule has 0 radical (unpaired) electrons. The maximum Gasteiger partial charge on any atom is 0.0549 e. The lowest BCUT2D eigenvalue weighted by atomic mass is 9.79. The second-order valence-electron chi connectivity index (χ2n) is 6.04. The van der Waals surface area contributed by atoms with E-state index in [1.807, 2.05) is 24.4 Å². The van der Waals surface area contributed by atoms with Crippen LogP contribution < -0.4 is 0 Å². The molecule has 2 heteroatoms. The predicted octanol–water partition coefficient (Wildman–Crippen LogP) is 3.89. The molecule has 2 unspecified atom stereocenters. The Balaban J connectivity index is 1.57. The molecule has 0 amide bonds. The van der Waals surface area contributed by atoms with Crippen LogP contribution in [0.4, 0.5) is 0 Å². The van der Waals surface area contributed by atoms with E-state index in [1.54, 1.807) is 0 Å². The molecule has 2 nitrogen and oxygen atoms in total. The summed E-state index contributed by atoms with van der Waals surface area (Å²) in [6.07, 6.45) is 7.76. The van der Waals surface area contributed by atoms with Gasteiger partial charge >= 0.3 is 0 Å². The van der Waals surface area contributed by atoms with E-state index in [4.69, 9.17) is 0 Å². The normalized spacial score (nSPS) is 19.0. The van der Waals surface area contributed by atoms with Gasteiger partial charge in [0.2, 0.25) is 0 Å². The van der Waals surface area contributed by atoms with Gasteiger partial charge in [-0.3, -0.25) is 4.98 Å². The highest BCUT2D eigenvalue weighted by Gasteiger charge is 2.22. The van der Waals surface area contributed by atoms with Gasteiger partial charge in [-0.05, 0) is 67.7 Å². The van der Waals surface area contributed by atoms with Gasteiger partial charge in [0.05, 0.1) is 6.10 Å². The fraction of sp³-hybridized carbons (Fsp3) is 0.421. The molecule has 1 aliphatic carbocycles. The van der Waals surface area contributed by atoms with Gasteiger partial charge < -0.3 is 5.11 Å². The third-order valence-corrected chi connectivity index (χ3v) is 4.51. The topological polar surface area (TPSA) is 33.1 Å². The third kappa shape index (κ3) is 3.70. The zero-order valence-electron chi connectivity index (χ0n) is 12.4. The van der Waals surface area contributed by atoms with Crippen molar-refractivity contribution in [2.24, 2.45) is 0 Å². The van der Waals surface area contributed by atoms with Gasteiger partial charge in [-0.2, -0.15) is 0 Å². The Bertz CT molecular complexity index is 567. The molecule has 1 N–H and O–H groups in total. The quantitative estimate of drug-likeness (QED) is 0.902. The van der Waals surface area contributed by atoms with Crippen molar-refractivity contribution < 1.29 is 5.11 Å². The lowest BCUT2D eigenvalue weighted by Gasteiger charge is -2.27. The number of aromatic nitrogens is 1. The first-order valence-corrected chi connectivity index (χ1v) is 7.98. The van der Waals surface area contributed by atoms with Gasteiger partial charge in [-0.1, -0.05) is 30.3 Å². The third-order valence-electron chi connectivity index (χ3n) is 4.51. The van der Waals surface area contributed by atoms with Crippen LogP contribution in [0.25, 0.3) is 0 Å². The molecule has 1 heterocycles. The fourth-order valence-electron chi connectivity index (χ4n) is 3.41. The van der Waals surface area contributed by atoms with Gasteiger partial charge in [-0.25, -0.2) is 0 Å². The summed E-state index contributed by atoms with van der Waals surface area (Å²) < 4.78 is 0. The number of fused-ring (bicyclic) bond motifs is 1. The molecule has 21 heavy (non-hydrogen) atoms. The molecule has 0 saturated carbocycles. The maximum absolute atomic E-state index is 10.4. The van der Waals surface area contributed by atoms with Crippen molar-refractivity contribution in [3.05, 3.63) is 65.5 Å². The number of hydrogen-bond donors (Lipinski definition) is 1. The Hall–Kier alpha value is -1.67. The SMILES string of the molecule is OC(CCc1ccccn1)CC1CCCc2ccccc21. The molecule has 0 bridgehead atoms. The smallest absolute Gasteiger partial charge is 0.0549 e. The monoisotopic (exact) mass is 281 g/mol. The van der Waals surface area contributed by atoms with Crippen LogP contribution in [0.1, 0.15) is 48.4 Å². The number of hydrogen-bond acceptors (Lipinski definition) is 2. The van der Waals surface area contributed by atoms with E-state index < -0.39 is 0 Å². The summed E-state index contributed by atoms with van der Waals surface area (Å²) in [6.45, 7) is 0. The van der Waals surface area contributed by atoms with Crippen molar-refractivity contribution in [1.82, 2.24) is 4.98 Å². The lowest BCUT2D eigenvalue weighted by Crippen LogP contribution is -2.17. The minimum absolute atomic E-state index is 0.233. The van der Waals surface area contributed by atoms with E-state index in [-0.39, 0.29) is 6.10 Å². The summed E-state index contributed by atoms with van der Waals surface area (Å²) in [5, 5.41) is 10.4. The maximum atomic E-state index is 10.4. The largest absolute Gasteiger partial charge is 0.393 e. The molecule has 0 fully saturated rings. The molecule has 3 rings (SSSR count). The van der Waals surface area contributed by atoms with E-state index in [9.17, 15) is 5.11 Å². The first-order chi connectivity index (χ1) is 10.3. The number of aliphatic hydroxyl groups is 1. The molecular weight excluding hydrogens is 258 g/mol. The van der Waals surface area contributed by atoms with Crippen LogP contribution in [-0.4, -0.2) is 16.2 Å². The summed E-state index contributed by atoms with van der Waals surface area (Å²) in [4.78, 5) is 4.32. The van der Waals surface area contributed by atoms with Crippen LogP contribution in [0.2, 0.25) is 0 Å². The number of aliphatic hydroxyl groups excluding tert-OH is 1. The van der Waals surface area contributed by atoms with Crippen LogP contribution >= 0.6 is 0 Å². The Morgan fingerprint density at radius 3 is 2.86 bits per heavy atom. The van der Waals surface area contributed by atoms with E-state index in [2.05, 4.69) is 29.2 Å². The summed E-state index contributed by atoms with van der Waals surface area (Å²) >= 11 is 0. The van der Waals surface area contributed by atoms with E-state index in [1.165, 1.54) is 30.4 Å².